The van der Waals surface area contributed by atoms with Gasteiger partial charge in [0.15, 0.2) is 0 Å². The molecule has 1 aliphatic carbocycles. The SMILES string of the molecule is NNc1ccc(S(=O)(=O)N(Cc2cccs2)C2CC2)cn1. The summed E-state index contributed by atoms with van der Waals surface area (Å²) >= 11 is 1.57. The number of hydrazine groups is 1. The maximum Gasteiger partial charge on any atom is 0.245 e. The molecule has 3 N–H and O–H groups in total. The third kappa shape index (κ3) is 3.08. The third-order valence-electron chi connectivity index (χ3n) is 3.34. The van der Waals surface area contributed by atoms with Crippen LogP contribution in [-0.2, 0) is 16.6 Å². The largest absolute Gasteiger partial charge is 0.308 e. The zero-order chi connectivity index (χ0) is 14.9. The first kappa shape index (κ1) is 14.5. The summed E-state index contributed by atoms with van der Waals surface area (Å²) in [6.45, 7) is 0.418. The smallest absolute Gasteiger partial charge is 0.245 e. The first-order valence-electron chi connectivity index (χ1n) is 6.58. The van der Waals surface area contributed by atoms with Gasteiger partial charge in [0, 0.05) is 23.7 Å². The Morgan fingerprint density at radius 2 is 2.19 bits per heavy atom. The van der Waals surface area contributed by atoms with E-state index >= 15 is 0 Å². The second-order valence-corrected chi connectivity index (χ2v) is 7.81. The summed E-state index contributed by atoms with van der Waals surface area (Å²) in [5, 5.41) is 1.95. The average molecular weight is 324 g/mol. The molecule has 0 saturated heterocycles. The lowest BCUT2D eigenvalue weighted by Gasteiger charge is -2.21. The van der Waals surface area contributed by atoms with E-state index in [0.29, 0.717) is 12.4 Å². The van der Waals surface area contributed by atoms with Crippen LogP contribution in [0.4, 0.5) is 5.82 Å². The molecule has 0 spiro atoms. The Balaban J connectivity index is 1.89. The number of nitrogens with zero attached hydrogens (tertiary/aromatic N) is 2. The molecule has 2 aromatic heterocycles. The zero-order valence-corrected chi connectivity index (χ0v) is 12.9. The number of nitrogen functional groups attached to an aromatic ring is 1. The molecule has 0 bridgehead atoms. The molecular formula is C13H16N4O2S2. The van der Waals surface area contributed by atoms with Crippen LogP contribution in [0.1, 0.15) is 17.7 Å². The second kappa shape index (κ2) is 5.72. The fourth-order valence-corrected chi connectivity index (χ4v) is 4.48. The summed E-state index contributed by atoms with van der Waals surface area (Å²) in [6, 6.07) is 7.07. The van der Waals surface area contributed by atoms with Gasteiger partial charge in [0.1, 0.15) is 10.7 Å². The van der Waals surface area contributed by atoms with E-state index in [0.717, 1.165) is 17.7 Å². The molecule has 2 aromatic rings. The van der Waals surface area contributed by atoms with E-state index in [-0.39, 0.29) is 10.9 Å². The Hall–Kier alpha value is -1.48. The highest BCUT2D eigenvalue weighted by Crippen LogP contribution is 2.34. The minimum atomic E-state index is -3.53. The maximum atomic E-state index is 12.8. The van der Waals surface area contributed by atoms with Gasteiger partial charge in [0.25, 0.3) is 0 Å². The summed E-state index contributed by atoms with van der Waals surface area (Å²) in [5.41, 5.74) is 2.39. The van der Waals surface area contributed by atoms with Crippen molar-refractivity contribution >= 4 is 27.2 Å². The molecule has 112 valence electrons. The van der Waals surface area contributed by atoms with Gasteiger partial charge in [-0.05, 0) is 36.4 Å². The van der Waals surface area contributed by atoms with Crippen LogP contribution < -0.4 is 11.3 Å². The summed E-state index contributed by atoms with van der Waals surface area (Å²) in [4.78, 5) is 5.22. The molecule has 0 aromatic carbocycles. The standard InChI is InChI=1S/C13H16N4O2S2/c14-16-13-6-5-12(8-15-13)21(18,19)17(10-3-4-10)9-11-2-1-7-20-11/h1-2,5-8,10H,3-4,9,14H2,(H,15,16). The summed E-state index contributed by atoms with van der Waals surface area (Å²) in [5.74, 6) is 5.68. The molecule has 1 fully saturated rings. The normalized spacial score (nSPS) is 15.3. The van der Waals surface area contributed by atoms with E-state index in [1.165, 1.54) is 12.3 Å². The number of nitrogens with two attached hydrogens (primary N) is 1. The highest BCUT2D eigenvalue weighted by Gasteiger charge is 2.38. The molecule has 21 heavy (non-hydrogen) atoms. The number of pyridine rings is 1. The van der Waals surface area contributed by atoms with Crippen molar-refractivity contribution in [1.29, 1.82) is 0 Å². The van der Waals surface area contributed by atoms with Gasteiger partial charge in [-0.1, -0.05) is 6.07 Å². The van der Waals surface area contributed by atoms with Gasteiger partial charge in [0.05, 0.1) is 0 Å². The summed E-state index contributed by atoms with van der Waals surface area (Å²) < 4.78 is 27.1. The molecule has 0 unspecified atom stereocenters. The van der Waals surface area contributed by atoms with Crippen molar-refractivity contribution < 1.29 is 8.42 Å². The highest BCUT2D eigenvalue weighted by atomic mass is 32.2. The van der Waals surface area contributed by atoms with Crippen molar-refractivity contribution in [3.63, 3.8) is 0 Å². The molecule has 1 aliphatic rings. The second-order valence-electron chi connectivity index (χ2n) is 4.88. The van der Waals surface area contributed by atoms with E-state index in [1.54, 1.807) is 21.7 Å². The Morgan fingerprint density at radius 1 is 1.38 bits per heavy atom. The number of thiophene rings is 1. The quantitative estimate of drug-likeness (QED) is 0.624. The van der Waals surface area contributed by atoms with Crippen LogP contribution in [0.25, 0.3) is 0 Å². The van der Waals surface area contributed by atoms with Crippen molar-refractivity contribution in [1.82, 2.24) is 9.29 Å². The molecule has 6 nitrogen and oxygen atoms in total. The molecule has 1 saturated carbocycles. The summed E-state index contributed by atoms with van der Waals surface area (Å²) in [7, 11) is -3.53. The fourth-order valence-electron chi connectivity index (χ4n) is 2.08. The lowest BCUT2D eigenvalue weighted by atomic mass is 10.4. The van der Waals surface area contributed by atoms with Gasteiger partial charge in [-0.2, -0.15) is 4.31 Å². The molecule has 0 atom stereocenters. The molecule has 0 radical (unpaired) electrons. The van der Waals surface area contributed by atoms with E-state index in [2.05, 4.69) is 10.4 Å². The zero-order valence-electron chi connectivity index (χ0n) is 11.3. The van der Waals surface area contributed by atoms with E-state index in [4.69, 9.17) is 5.84 Å². The topological polar surface area (TPSA) is 88.3 Å². The molecule has 0 aliphatic heterocycles. The predicted octanol–water partition coefficient (Wildman–Crippen LogP) is 1.78. The van der Waals surface area contributed by atoms with Crippen molar-refractivity contribution in [2.24, 2.45) is 5.84 Å². The predicted molar refractivity (Wildman–Crippen MR) is 82.1 cm³/mol. The Morgan fingerprint density at radius 3 is 2.71 bits per heavy atom. The molecule has 3 rings (SSSR count). The van der Waals surface area contributed by atoms with Gasteiger partial charge in [-0.25, -0.2) is 19.2 Å². The van der Waals surface area contributed by atoms with Crippen molar-refractivity contribution in [2.75, 3.05) is 5.43 Å². The lowest BCUT2D eigenvalue weighted by molar-refractivity contribution is 0.401. The van der Waals surface area contributed by atoms with Gasteiger partial charge in [-0.15, -0.1) is 11.3 Å². The van der Waals surface area contributed by atoms with E-state index in [9.17, 15) is 8.42 Å². The van der Waals surface area contributed by atoms with Gasteiger partial charge in [0.2, 0.25) is 10.0 Å². The Kier molecular flexibility index (Phi) is 3.94. The maximum absolute atomic E-state index is 12.8. The average Bonchev–Trinajstić information content (AvgIpc) is 3.20. The van der Waals surface area contributed by atoms with Gasteiger partial charge < -0.3 is 5.43 Å². The number of hydrogen-bond donors (Lipinski definition) is 2. The van der Waals surface area contributed by atoms with Crippen LogP contribution in [0.5, 0.6) is 0 Å². The number of rotatable bonds is 6. The number of anilines is 1. The first-order chi connectivity index (χ1) is 10.1. The number of sulfonamides is 1. The minimum Gasteiger partial charge on any atom is -0.308 e. The van der Waals surface area contributed by atoms with Crippen LogP contribution >= 0.6 is 11.3 Å². The fraction of sp³-hybridized carbons (Fsp3) is 0.308. The van der Waals surface area contributed by atoms with E-state index in [1.807, 2.05) is 17.5 Å². The molecule has 2 heterocycles. The third-order valence-corrected chi connectivity index (χ3v) is 6.08. The van der Waals surface area contributed by atoms with Crippen LogP contribution in [0.2, 0.25) is 0 Å². The number of aromatic nitrogens is 1. The van der Waals surface area contributed by atoms with E-state index < -0.39 is 10.0 Å². The van der Waals surface area contributed by atoms with Crippen LogP contribution in [0.3, 0.4) is 0 Å². The van der Waals surface area contributed by atoms with Gasteiger partial charge in [-0.3, -0.25) is 0 Å². The van der Waals surface area contributed by atoms with Crippen molar-refractivity contribution in [3.05, 3.63) is 40.7 Å². The van der Waals surface area contributed by atoms with Crippen molar-refractivity contribution in [2.45, 2.75) is 30.3 Å². The Bertz CT molecular complexity index is 694. The molecule has 8 heteroatoms. The lowest BCUT2D eigenvalue weighted by Crippen LogP contribution is -2.32. The van der Waals surface area contributed by atoms with Crippen LogP contribution in [-0.4, -0.2) is 23.7 Å². The highest BCUT2D eigenvalue weighted by molar-refractivity contribution is 7.89. The minimum absolute atomic E-state index is 0.101. The number of nitrogens with one attached hydrogen (secondary N) is 1. The molecule has 0 amide bonds. The van der Waals surface area contributed by atoms with Crippen LogP contribution in [0, 0.1) is 0 Å². The first-order valence-corrected chi connectivity index (χ1v) is 8.90. The summed E-state index contributed by atoms with van der Waals surface area (Å²) in [6.07, 6.45) is 3.18. The molecular weight excluding hydrogens is 308 g/mol. The Labute approximate surface area is 127 Å². The van der Waals surface area contributed by atoms with Crippen LogP contribution in [0.15, 0.2) is 40.7 Å². The number of hydrogen-bond acceptors (Lipinski definition) is 6. The monoisotopic (exact) mass is 324 g/mol. The van der Waals surface area contributed by atoms with Crippen molar-refractivity contribution in [3.8, 4) is 0 Å². The van der Waals surface area contributed by atoms with Gasteiger partial charge >= 0.3 is 0 Å².